The molecule has 3 N–H and O–H groups in total. The van der Waals surface area contributed by atoms with Crippen LogP contribution < -0.4 is 11.1 Å². The number of halogens is 1. The lowest BCUT2D eigenvalue weighted by Gasteiger charge is -2.06. The third-order valence-corrected chi connectivity index (χ3v) is 2.03. The van der Waals surface area contributed by atoms with E-state index in [9.17, 15) is 4.39 Å². The maximum absolute atomic E-state index is 12.9. The molecule has 0 atom stereocenters. The molecule has 1 rings (SSSR count). The topological polar surface area (TPSA) is 38.0 Å². The van der Waals surface area contributed by atoms with Gasteiger partial charge in [-0.1, -0.05) is 19.8 Å². The monoisotopic (exact) mass is 196 g/mol. The van der Waals surface area contributed by atoms with E-state index >= 15 is 0 Å². The van der Waals surface area contributed by atoms with E-state index in [1.807, 2.05) is 0 Å². The molecule has 1 aromatic rings. The molecule has 0 fully saturated rings. The first kappa shape index (κ1) is 10.8. The lowest BCUT2D eigenvalue weighted by Crippen LogP contribution is -2.02. The van der Waals surface area contributed by atoms with Crippen LogP contribution in [0.5, 0.6) is 0 Å². The summed E-state index contributed by atoms with van der Waals surface area (Å²) < 4.78 is 12.9. The van der Waals surface area contributed by atoms with E-state index in [2.05, 4.69) is 12.2 Å². The van der Waals surface area contributed by atoms with E-state index in [0.29, 0.717) is 5.69 Å². The maximum atomic E-state index is 12.9. The van der Waals surface area contributed by atoms with E-state index in [1.165, 1.54) is 25.0 Å². The summed E-state index contributed by atoms with van der Waals surface area (Å²) in [6, 6.07) is 4.52. The summed E-state index contributed by atoms with van der Waals surface area (Å²) in [4.78, 5) is 0. The van der Waals surface area contributed by atoms with Gasteiger partial charge in [0.25, 0.3) is 0 Å². The fourth-order valence-electron chi connectivity index (χ4n) is 1.32. The summed E-state index contributed by atoms with van der Waals surface area (Å²) in [5.41, 5.74) is 6.73. The number of nitrogen functional groups attached to an aromatic ring is 1. The Morgan fingerprint density at radius 3 is 2.71 bits per heavy atom. The van der Waals surface area contributed by atoms with Gasteiger partial charge in [0.15, 0.2) is 0 Å². The number of anilines is 2. The minimum atomic E-state index is -0.289. The standard InChI is InChI=1S/C11H17FN2/c1-2-3-4-5-14-11-7-9(12)6-10(13)8-11/h6-8,14H,2-5,13H2,1H3. The van der Waals surface area contributed by atoms with Gasteiger partial charge in [0.1, 0.15) is 5.82 Å². The van der Waals surface area contributed by atoms with Crippen LogP contribution in [0.1, 0.15) is 26.2 Å². The zero-order chi connectivity index (χ0) is 10.4. The van der Waals surface area contributed by atoms with Crippen LogP contribution in [0.2, 0.25) is 0 Å². The van der Waals surface area contributed by atoms with Crippen LogP contribution in [0.3, 0.4) is 0 Å². The second-order valence-corrected chi connectivity index (χ2v) is 3.41. The number of hydrogen-bond acceptors (Lipinski definition) is 2. The molecule has 2 nitrogen and oxygen atoms in total. The normalized spacial score (nSPS) is 10.1. The first-order valence-electron chi connectivity index (χ1n) is 5.02. The van der Waals surface area contributed by atoms with Crippen molar-refractivity contribution in [2.75, 3.05) is 17.6 Å². The minimum Gasteiger partial charge on any atom is -0.399 e. The molecule has 3 heteroatoms. The summed E-state index contributed by atoms with van der Waals surface area (Å²) in [5, 5.41) is 3.14. The van der Waals surface area contributed by atoms with Gasteiger partial charge in [-0.05, 0) is 24.6 Å². The van der Waals surface area contributed by atoms with Gasteiger partial charge in [-0.25, -0.2) is 4.39 Å². The number of benzene rings is 1. The van der Waals surface area contributed by atoms with Crippen LogP contribution in [0.25, 0.3) is 0 Å². The molecule has 0 aromatic heterocycles. The average Bonchev–Trinajstić information content (AvgIpc) is 2.11. The molecule has 1 aromatic carbocycles. The summed E-state index contributed by atoms with van der Waals surface area (Å²) in [6.07, 6.45) is 3.48. The van der Waals surface area contributed by atoms with Crippen LogP contribution in [0, 0.1) is 5.82 Å². The minimum absolute atomic E-state index is 0.289. The molecule has 0 spiro atoms. The van der Waals surface area contributed by atoms with E-state index in [4.69, 9.17) is 5.73 Å². The van der Waals surface area contributed by atoms with Crippen LogP contribution >= 0.6 is 0 Å². The number of nitrogens with one attached hydrogen (secondary N) is 1. The van der Waals surface area contributed by atoms with Crippen LogP contribution in [-0.4, -0.2) is 6.54 Å². The van der Waals surface area contributed by atoms with Gasteiger partial charge in [0.05, 0.1) is 0 Å². The Balaban J connectivity index is 2.42. The van der Waals surface area contributed by atoms with Crippen LogP contribution in [-0.2, 0) is 0 Å². The van der Waals surface area contributed by atoms with E-state index in [0.717, 1.165) is 18.7 Å². The molecule has 0 unspecified atom stereocenters. The lowest BCUT2D eigenvalue weighted by atomic mass is 10.2. The highest BCUT2D eigenvalue weighted by molar-refractivity contribution is 5.54. The molecular weight excluding hydrogens is 179 g/mol. The molecule has 0 radical (unpaired) electrons. The first-order chi connectivity index (χ1) is 6.72. The van der Waals surface area contributed by atoms with Crippen molar-refractivity contribution in [1.82, 2.24) is 0 Å². The number of rotatable bonds is 5. The van der Waals surface area contributed by atoms with Gasteiger partial charge >= 0.3 is 0 Å². The molecule has 0 amide bonds. The van der Waals surface area contributed by atoms with Gasteiger partial charge in [-0.2, -0.15) is 0 Å². The van der Waals surface area contributed by atoms with Crippen molar-refractivity contribution >= 4 is 11.4 Å². The van der Waals surface area contributed by atoms with Gasteiger partial charge in [0, 0.05) is 17.9 Å². The Morgan fingerprint density at radius 1 is 1.29 bits per heavy atom. The Bertz CT molecular complexity index is 266. The van der Waals surface area contributed by atoms with Crippen LogP contribution in [0.4, 0.5) is 15.8 Å². The fourth-order valence-corrected chi connectivity index (χ4v) is 1.32. The predicted molar refractivity (Wildman–Crippen MR) is 58.8 cm³/mol. The molecule has 14 heavy (non-hydrogen) atoms. The van der Waals surface area contributed by atoms with Crippen molar-refractivity contribution in [3.63, 3.8) is 0 Å². The van der Waals surface area contributed by atoms with Crippen molar-refractivity contribution in [1.29, 1.82) is 0 Å². The summed E-state index contributed by atoms with van der Waals surface area (Å²) >= 11 is 0. The van der Waals surface area contributed by atoms with Crippen molar-refractivity contribution in [2.24, 2.45) is 0 Å². The molecule has 0 heterocycles. The molecule has 0 aliphatic rings. The molecule has 0 bridgehead atoms. The third kappa shape index (κ3) is 3.64. The highest BCUT2D eigenvalue weighted by atomic mass is 19.1. The van der Waals surface area contributed by atoms with Crippen molar-refractivity contribution in [3.8, 4) is 0 Å². The number of hydrogen-bond donors (Lipinski definition) is 2. The van der Waals surface area contributed by atoms with E-state index in [1.54, 1.807) is 6.07 Å². The second kappa shape index (κ2) is 5.47. The van der Waals surface area contributed by atoms with Gasteiger partial charge in [0.2, 0.25) is 0 Å². The fraction of sp³-hybridized carbons (Fsp3) is 0.455. The lowest BCUT2D eigenvalue weighted by molar-refractivity contribution is 0.628. The van der Waals surface area contributed by atoms with Gasteiger partial charge in [-0.3, -0.25) is 0 Å². The second-order valence-electron chi connectivity index (χ2n) is 3.41. The predicted octanol–water partition coefficient (Wildman–Crippen LogP) is 3.01. The van der Waals surface area contributed by atoms with Gasteiger partial charge in [-0.15, -0.1) is 0 Å². The third-order valence-electron chi connectivity index (χ3n) is 2.03. The zero-order valence-electron chi connectivity index (χ0n) is 8.52. The summed E-state index contributed by atoms with van der Waals surface area (Å²) in [5.74, 6) is -0.289. The largest absolute Gasteiger partial charge is 0.399 e. The molecule has 0 aliphatic heterocycles. The first-order valence-corrected chi connectivity index (χ1v) is 5.02. The zero-order valence-corrected chi connectivity index (χ0v) is 8.52. The molecule has 0 saturated carbocycles. The van der Waals surface area contributed by atoms with Gasteiger partial charge < -0.3 is 11.1 Å². The molecule has 0 saturated heterocycles. The average molecular weight is 196 g/mol. The quantitative estimate of drug-likeness (QED) is 0.561. The smallest absolute Gasteiger partial charge is 0.127 e. The Kier molecular flexibility index (Phi) is 4.23. The molecule has 78 valence electrons. The Morgan fingerprint density at radius 2 is 2.07 bits per heavy atom. The summed E-state index contributed by atoms with van der Waals surface area (Å²) in [7, 11) is 0. The SMILES string of the molecule is CCCCCNc1cc(N)cc(F)c1. The van der Waals surface area contributed by atoms with Crippen molar-refractivity contribution in [3.05, 3.63) is 24.0 Å². The molecule has 0 aliphatic carbocycles. The highest BCUT2D eigenvalue weighted by Gasteiger charge is 1.97. The number of nitrogens with two attached hydrogens (primary N) is 1. The van der Waals surface area contributed by atoms with E-state index in [-0.39, 0.29) is 5.82 Å². The van der Waals surface area contributed by atoms with Crippen molar-refractivity contribution < 1.29 is 4.39 Å². The maximum Gasteiger partial charge on any atom is 0.127 e. The number of unbranched alkanes of at least 4 members (excludes halogenated alkanes) is 2. The highest BCUT2D eigenvalue weighted by Crippen LogP contribution is 2.15. The summed E-state index contributed by atoms with van der Waals surface area (Å²) in [6.45, 7) is 3.02. The van der Waals surface area contributed by atoms with Crippen molar-refractivity contribution in [2.45, 2.75) is 26.2 Å². The molecular formula is C11H17FN2. The Hall–Kier alpha value is -1.25. The van der Waals surface area contributed by atoms with Crippen LogP contribution in [0.15, 0.2) is 18.2 Å². The van der Waals surface area contributed by atoms with E-state index < -0.39 is 0 Å². The Labute approximate surface area is 84.3 Å².